The zero-order valence-corrected chi connectivity index (χ0v) is 11.8. The molecule has 0 saturated heterocycles. The third-order valence-electron chi connectivity index (χ3n) is 1.97. The van der Waals surface area contributed by atoms with Gasteiger partial charge in [0.1, 0.15) is 0 Å². The van der Waals surface area contributed by atoms with E-state index in [0.29, 0.717) is 18.1 Å². The van der Waals surface area contributed by atoms with Gasteiger partial charge in [0.05, 0.1) is 4.90 Å². The molecule has 0 amide bonds. The predicted octanol–water partition coefficient (Wildman–Crippen LogP) is 1.65. The Kier molecular flexibility index (Phi) is 7.74. The summed E-state index contributed by atoms with van der Waals surface area (Å²) in [7, 11) is -3.41. The number of hydrogen-bond donors (Lipinski definition) is 2. The average molecular weight is 299 g/mol. The van der Waals surface area contributed by atoms with Crippen molar-refractivity contribution in [2.45, 2.75) is 11.8 Å². The molecule has 17 heavy (non-hydrogen) atoms. The number of nitrogens with one attached hydrogen (secondary N) is 2. The molecule has 1 rings (SSSR count). The van der Waals surface area contributed by atoms with Gasteiger partial charge in [-0.05, 0) is 30.8 Å². The second-order valence-corrected chi connectivity index (χ2v) is 5.41. The Morgan fingerprint density at radius 3 is 2.29 bits per heavy atom. The van der Waals surface area contributed by atoms with Gasteiger partial charge in [0, 0.05) is 18.1 Å². The van der Waals surface area contributed by atoms with Crippen LogP contribution in [0.5, 0.6) is 0 Å². The highest BCUT2D eigenvalue weighted by Crippen LogP contribution is 2.13. The minimum absolute atomic E-state index is 0. The highest BCUT2D eigenvalue weighted by molar-refractivity contribution is 7.89. The van der Waals surface area contributed by atoms with Crippen LogP contribution in [0.2, 0.25) is 5.02 Å². The Morgan fingerprint density at radius 2 is 1.76 bits per heavy atom. The summed E-state index contributed by atoms with van der Waals surface area (Å²) in [5.74, 6) is 0. The SMILES string of the molecule is CCNCCNS(=O)(=O)c1ccc(Cl)cc1.Cl. The summed E-state index contributed by atoms with van der Waals surface area (Å²) in [5, 5.41) is 3.55. The van der Waals surface area contributed by atoms with Crippen molar-refractivity contribution in [1.29, 1.82) is 0 Å². The Balaban J connectivity index is 0.00000256. The summed E-state index contributed by atoms with van der Waals surface area (Å²) in [6.07, 6.45) is 0. The zero-order valence-electron chi connectivity index (χ0n) is 9.44. The summed E-state index contributed by atoms with van der Waals surface area (Å²) < 4.78 is 25.9. The van der Waals surface area contributed by atoms with E-state index in [4.69, 9.17) is 11.6 Å². The van der Waals surface area contributed by atoms with Crippen LogP contribution in [-0.2, 0) is 10.0 Å². The first kappa shape index (κ1) is 16.7. The van der Waals surface area contributed by atoms with Crippen LogP contribution in [0.4, 0.5) is 0 Å². The maximum absolute atomic E-state index is 11.7. The van der Waals surface area contributed by atoms with Crippen LogP contribution in [0.15, 0.2) is 29.2 Å². The second-order valence-electron chi connectivity index (χ2n) is 3.21. The van der Waals surface area contributed by atoms with Crippen molar-refractivity contribution in [3.63, 3.8) is 0 Å². The molecule has 2 N–H and O–H groups in total. The van der Waals surface area contributed by atoms with E-state index in [1.807, 2.05) is 6.92 Å². The molecule has 0 atom stereocenters. The molecule has 0 aliphatic carbocycles. The van der Waals surface area contributed by atoms with E-state index in [0.717, 1.165) is 6.54 Å². The van der Waals surface area contributed by atoms with E-state index >= 15 is 0 Å². The number of rotatable bonds is 6. The summed E-state index contributed by atoms with van der Waals surface area (Å²) in [6.45, 7) is 3.78. The molecule has 0 fully saturated rings. The summed E-state index contributed by atoms with van der Waals surface area (Å²) in [4.78, 5) is 0.230. The zero-order chi connectivity index (χ0) is 12.0. The smallest absolute Gasteiger partial charge is 0.240 e. The number of halogens is 2. The first-order valence-corrected chi connectivity index (χ1v) is 6.88. The van der Waals surface area contributed by atoms with Crippen LogP contribution >= 0.6 is 24.0 Å². The van der Waals surface area contributed by atoms with Crippen LogP contribution < -0.4 is 10.0 Å². The van der Waals surface area contributed by atoms with Gasteiger partial charge >= 0.3 is 0 Å². The molecule has 1 aromatic carbocycles. The molecule has 1 aromatic rings. The van der Waals surface area contributed by atoms with E-state index in [-0.39, 0.29) is 17.3 Å². The molecule has 0 heterocycles. The van der Waals surface area contributed by atoms with E-state index in [2.05, 4.69) is 10.0 Å². The van der Waals surface area contributed by atoms with Crippen molar-refractivity contribution in [2.24, 2.45) is 0 Å². The number of sulfonamides is 1. The van der Waals surface area contributed by atoms with Crippen molar-refractivity contribution in [1.82, 2.24) is 10.0 Å². The molecular weight excluding hydrogens is 283 g/mol. The lowest BCUT2D eigenvalue weighted by Crippen LogP contribution is -2.31. The van der Waals surface area contributed by atoms with Gasteiger partial charge in [-0.3, -0.25) is 0 Å². The first-order chi connectivity index (χ1) is 7.56. The lowest BCUT2D eigenvalue weighted by Gasteiger charge is -2.06. The third-order valence-corrected chi connectivity index (χ3v) is 3.70. The van der Waals surface area contributed by atoms with E-state index in [9.17, 15) is 8.42 Å². The maximum Gasteiger partial charge on any atom is 0.240 e. The summed E-state index contributed by atoms with van der Waals surface area (Å²) in [6, 6.07) is 6.08. The van der Waals surface area contributed by atoms with Gasteiger partial charge in [-0.1, -0.05) is 18.5 Å². The number of benzene rings is 1. The third kappa shape index (κ3) is 5.70. The molecule has 0 aromatic heterocycles. The van der Waals surface area contributed by atoms with Gasteiger partial charge in [-0.2, -0.15) is 0 Å². The highest BCUT2D eigenvalue weighted by atomic mass is 35.5. The fraction of sp³-hybridized carbons (Fsp3) is 0.400. The van der Waals surface area contributed by atoms with Crippen molar-refractivity contribution in [2.75, 3.05) is 19.6 Å². The van der Waals surface area contributed by atoms with Crippen LogP contribution in [-0.4, -0.2) is 28.1 Å². The maximum atomic E-state index is 11.7. The Hall–Kier alpha value is -0.330. The van der Waals surface area contributed by atoms with Crippen LogP contribution in [0, 0.1) is 0 Å². The largest absolute Gasteiger partial charge is 0.316 e. The summed E-state index contributed by atoms with van der Waals surface area (Å²) >= 11 is 5.68. The Bertz CT molecular complexity index is 420. The van der Waals surface area contributed by atoms with E-state index in [1.165, 1.54) is 12.1 Å². The monoisotopic (exact) mass is 298 g/mol. The van der Waals surface area contributed by atoms with Crippen molar-refractivity contribution in [3.8, 4) is 0 Å². The highest BCUT2D eigenvalue weighted by Gasteiger charge is 2.12. The van der Waals surface area contributed by atoms with Gasteiger partial charge in [0.25, 0.3) is 0 Å². The van der Waals surface area contributed by atoms with E-state index < -0.39 is 10.0 Å². The Labute approximate surface area is 113 Å². The topological polar surface area (TPSA) is 58.2 Å². The number of hydrogen-bond acceptors (Lipinski definition) is 3. The molecule has 0 radical (unpaired) electrons. The molecule has 0 aliphatic heterocycles. The van der Waals surface area contributed by atoms with Gasteiger partial charge in [0.2, 0.25) is 10.0 Å². The lowest BCUT2D eigenvalue weighted by molar-refractivity contribution is 0.577. The van der Waals surface area contributed by atoms with E-state index in [1.54, 1.807) is 12.1 Å². The molecule has 0 spiro atoms. The van der Waals surface area contributed by atoms with Crippen LogP contribution in [0.25, 0.3) is 0 Å². The van der Waals surface area contributed by atoms with Crippen molar-refractivity contribution in [3.05, 3.63) is 29.3 Å². The molecule has 98 valence electrons. The molecule has 4 nitrogen and oxygen atoms in total. The Morgan fingerprint density at radius 1 is 1.18 bits per heavy atom. The second kappa shape index (κ2) is 7.89. The van der Waals surface area contributed by atoms with Crippen LogP contribution in [0.1, 0.15) is 6.92 Å². The molecule has 0 unspecified atom stereocenters. The van der Waals surface area contributed by atoms with Crippen molar-refractivity contribution < 1.29 is 8.42 Å². The lowest BCUT2D eigenvalue weighted by atomic mass is 10.4. The molecule has 0 saturated carbocycles. The fourth-order valence-electron chi connectivity index (χ4n) is 1.15. The van der Waals surface area contributed by atoms with Gasteiger partial charge in [0.15, 0.2) is 0 Å². The molecule has 7 heteroatoms. The summed E-state index contributed by atoms with van der Waals surface area (Å²) in [5.41, 5.74) is 0. The van der Waals surface area contributed by atoms with Crippen molar-refractivity contribution >= 4 is 34.0 Å². The molecule has 0 bridgehead atoms. The standard InChI is InChI=1S/C10H15ClN2O2S.ClH/c1-2-12-7-8-13-16(14,15)10-5-3-9(11)4-6-10;/h3-6,12-13H,2,7-8H2,1H3;1H. The predicted molar refractivity (Wildman–Crippen MR) is 72.4 cm³/mol. The van der Waals surface area contributed by atoms with Gasteiger partial charge < -0.3 is 5.32 Å². The molecular formula is C10H16Cl2N2O2S. The van der Waals surface area contributed by atoms with Gasteiger partial charge in [-0.25, -0.2) is 13.1 Å². The molecule has 0 aliphatic rings. The minimum atomic E-state index is -3.41. The number of likely N-dealkylation sites (N-methyl/N-ethyl adjacent to an activating group) is 1. The normalized spacial score (nSPS) is 10.9. The minimum Gasteiger partial charge on any atom is -0.316 e. The van der Waals surface area contributed by atoms with Crippen LogP contribution in [0.3, 0.4) is 0 Å². The van der Waals surface area contributed by atoms with Gasteiger partial charge in [-0.15, -0.1) is 12.4 Å². The average Bonchev–Trinajstić information content (AvgIpc) is 2.25. The first-order valence-electron chi connectivity index (χ1n) is 5.02. The quantitative estimate of drug-likeness (QED) is 0.785. The fourth-order valence-corrected chi connectivity index (χ4v) is 2.31.